The van der Waals surface area contributed by atoms with Crippen LogP contribution in [0.3, 0.4) is 0 Å². The van der Waals surface area contributed by atoms with Gasteiger partial charge in [0.1, 0.15) is 10.0 Å². The molecule has 18 heavy (non-hydrogen) atoms. The number of halogens is 2. The second-order valence-electron chi connectivity index (χ2n) is 3.25. The molecule has 0 unspecified atom stereocenters. The number of nitrogens with zero attached hydrogens (tertiary/aromatic N) is 2. The third-order valence-electron chi connectivity index (χ3n) is 2.03. The quantitative estimate of drug-likeness (QED) is 0.866. The van der Waals surface area contributed by atoms with Gasteiger partial charge in [-0.25, -0.2) is 13.4 Å². The van der Waals surface area contributed by atoms with Crippen molar-refractivity contribution in [1.82, 2.24) is 9.97 Å². The Balaban J connectivity index is 2.40. The molecule has 5 nitrogen and oxygen atoms in total. The lowest BCUT2D eigenvalue weighted by atomic mass is 10.4. The first-order chi connectivity index (χ1) is 8.50. The fourth-order valence-corrected chi connectivity index (χ4v) is 3.24. The topological polar surface area (TPSA) is 72.0 Å². The SMILES string of the molecule is O=S(=O)(Nc1ccncc1Br)c1cccnc1Cl. The summed E-state index contributed by atoms with van der Waals surface area (Å²) in [6.07, 6.45) is 4.39. The van der Waals surface area contributed by atoms with Crippen LogP contribution >= 0.6 is 27.5 Å². The highest BCUT2D eigenvalue weighted by Gasteiger charge is 2.19. The van der Waals surface area contributed by atoms with Gasteiger partial charge in [0, 0.05) is 18.6 Å². The highest BCUT2D eigenvalue weighted by atomic mass is 79.9. The molecule has 0 aliphatic carbocycles. The molecule has 2 aromatic heterocycles. The van der Waals surface area contributed by atoms with E-state index in [0.717, 1.165) is 0 Å². The molecule has 0 saturated carbocycles. The molecule has 0 aromatic carbocycles. The van der Waals surface area contributed by atoms with E-state index < -0.39 is 10.0 Å². The first-order valence-electron chi connectivity index (χ1n) is 4.73. The summed E-state index contributed by atoms with van der Waals surface area (Å²) in [5.41, 5.74) is 0.380. The molecule has 2 aromatic rings. The molecule has 1 N–H and O–H groups in total. The van der Waals surface area contributed by atoms with Gasteiger partial charge in [-0.15, -0.1) is 0 Å². The Hall–Kier alpha value is -1.18. The Morgan fingerprint density at radius 1 is 1.28 bits per heavy atom. The fraction of sp³-hybridized carbons (Fsp3) is 0. The van der Waals surface area contributed by atoms with Gasteiger partial charge in [0.2, 0.25) is 0 Å². The van der Waals surface area contributed by atoms with Crippen LogP contribution in [-0.4, -0.2) is 18.4 Å². The molecule has 2 heterocycles. The van der Waals surface area contributed by atoms with Crippen molar-refractivity contribution in [1.29, 1.82) is 0 Å². The van der Waals surface area contributed by atoms with Gasteiger partial charge in [-0.2, -0.15) is 0 Å². The smallest absolute Gasteiger partial charge is 0.265 e. The van der Waals surface area contributed by atoms with E-state index in [9.17, 15) is 8.42 Å². The van der Waals surface area contributed by atoms with E-state index in [4.69, 9.17) is 11.6 Å². The van der Waals surface area contributed by atoms with Gasteiger partial charge in [0.15, 0.2) is 0 Å². The molecule has 0 aliphatic heterocycles. The lowest BCUT2D eigenvalue weighted by Gasteiger charge is -2.09. The molecular weight excluding hydrogens is 342 g/mol. The van der Waals surface area contributed by atoms with Gasteiger partial charge in [-0.05, 0) is 34.1 Å². The first kappa shape index (κ1) is 13.3. The Morgan fingerprint density at radius 2 is 2.06 bits per heavy atom. The molecule has 0 amide bonds. The summed E-state index contributed by atoms with van der Waals surface area (Å²) in [5.74, 6) is 0. The number of hydrogen-bond donors (Lipinski definition) is 1. The lowest BCUT2D eigenvalue weighted by molar-refractivity contribution is 0.601. The normalized spacial score (nSPS) is 11.2. The summed E-state index contributed by atoms with van der Waals surface area (Å²) in [7, 11) is -3.77. The Bertz CT molecular complexity index is 678. The Labute approximate surface area is 117 Å². The summed E-state index contributed by atoms with van der Waals surface area (Å²) in [6.45, 7) is 0. The molecule has 2 rings (SSSR count). The zero-order valence-electron chi connectivity index (χ0n) is 8.84. The predicted octanol–water partition coefficient (Wildman–Crippen LogP) is 2.69. The lowest BCUT2D eigenvalue weighted by Crippen LogP contribution is -2.14. The highest BCUT2D eigenvalue weighted by molar-refractivity contribution is 9.10. The number of rotatable bonds is 3. The molecule has 0 atom stereocenters. The van der Waals surface area contributed by atoms with Crippen LogP contribution < -0.4 is 4.72 Å². The standard InChI is InChI=1S/C10H7BrClN3O2S/c11-7-6-13-5-3-8(7)15-18(16,17)9-2-1-4-14-10(9)12/h1-6H,(H,13,15). The highest BCUT2D eigenvalue weighted by Crippen LogP contribution is 2.25. The van der Waals surface area contributed by atoms with Crippen LogP contribution in [0, 0.1) is 0 Å². The van der Waals surface area contributed by atoms with Crippen molar-refractivity contribution in [3.63, 3.8) is 0 Å². The zero-order chi connectivity index (χ0) is 13.2. The maximum Gasteiger partial charge on any atom is 0.265 e. The van der Waals surface area contributed by atoms with Crippen molar-refractivity contribution >= 4 is 43.2 Å². The monoisotopic (exact) mass is 347 g/mol. The van der Waals surface area contributed by atoms with Crippen molar-refractivity contribution in [3.05, 3.63) is 46.4 Å². The minimum absolute atomic E-state index is 0.0737. The Kier molecular flexibility index (Phi) is 3.84. The van der Waals surface area contributed by atoms with Crippen LogP contribution in [0.5, 0.6) is 0 Å². The maximum absolute atomic E-state index is 12.1. The van der Waals surface area contributed by atoms with Crippen LogP contribution in [0.1, 0.15) is 0 Å². The van der Waals surface area contributed by atoms with E-state index >= 15 is 0 Å². The van der Waals surface area contributed by atoms with Gasteiger partial charge >= 0.3 is 0 Å². The number of anilines is 1. The van der Waals surface area contributed by atoms with Crippen molar-refractivity contribution < 1.29 is 8.42 Å². The van der Waals surface area contributed by atoms with Gasteiger partial charge < -0.3 is 0 Å². The average molecular weight is 349 g/mol. The average Bonchev–Trinajstić information content (AvgIpc) is 2.32. The van der Waals surface area contributed by atoms with Crippen LogP contribution in [-0.2, 0) is 10.0 Å². The fourth-order valence-electron chi connectivity index (χ4n) is 1.23. The largest absolute Gasteiger partial charge is 0.278 e. The summed E-state index contributed by atoms with van der Waals surface area (Å²) in [6, 6.07) is 4.42. The summed E-state index contributed by atoms with van der Waals surface area (Å²) < 4.78 is 27.1. The third-order valence-corrected chi connectivity index (χ3v) is 4.47. The van der Waals surface area contributed by atoms with E-state index in [1.165, 1.54) is 36.8 Å². The van der Waals surface area contributed by atoms with Crippen LogP contribution in [0.25, 0.3) is 0 Å². The van der Waals surface area contributed by atoms with Gasteiger partial charge in [0.25, 0.3) is 10.0 Å². The van der Waals surface area contributed by atoms with Crippen molar-refractivity contribution in [2.45, 2.75) is 4.90 Å². The van der Waals surface area contributed by atoms with E-state index in [1.807, 2.05) is 0 Å². The van der Waals surface area contributed by atoms with E-state index in [2.05, 4.69) is 30.6 Å². The molecule has 8 heteroatoms. The molecule has 0 bridgehead atoms. The van der Waals surface area contributed by atoms with Gasteiger partial charge in [-0.1, -0.05) is 11.6 Å². The molecular formula is C10H7BrClN3O2S. The van der Waals surface area contributed by atoms with E-state index in [0.29, 0.717) is 10.2 Å². The van der Waals surface area contributed by atoms with Crippen molar-refractivity contribution in [2.24, 2.45) is 0 Å². The Morgan fingerprint density at radius 3 is 2.72 bits per heavy atom. The molecule has 0 radical (unpaired) electrons. The molecule has 0 saturated heterocycles. The van der Waals surface area contributed by atoms with E-state index in [-0.39, 0.29) is 10.0 Å². The number of pyridine rings is 2. The summed E-state index contributed by atoms with van der Waals surface area (Å²) in [5, 5.41) is -0.0739. The minimum Gasteiger partial charge on any atom is -0.278 e. The second-order valence-corrected chi connectivity index (χ2v) is 6.12. The van der Waals surface area contributed by atoms with Crippen molar-refractivity contribution in [2.75, 3.05) is 4.72 Å². The van der Waals surface area contributed by atoms with Crippen LogP contribution in [0.4, 0.5) is 5.69 Å². The minimum atomic E-state index is -3.77. The van der Waals surface area contributed by atoms with Crippen molar-refractivity contribution in [3.8, 4) is 0 Å². The predicted molar refractivity (Wildman–Crippen MR) is 72.0 cm³/mol. The molecule has 0 fully saturated rings. The van der Waals surface area contributed by atoms with Gasteiger partial charge in [-0.3, -0.25) is 9.71 Å². The van der Waals surface area contributed by atoms with Crippen LogP contribution in [0.15, 0.2) is 46.2 Å². The molecule has 0 aliphatic rings. The van der Waals surface area contributed by atoms with Crippen LogP contribution in [0.2, 0.25) is 5.15 Å². The zero-order valence-corrected chi connectivity index (χ0v) is 12.0. The number of hydrogen-bond acceptors (Lipinski definition) is 4. The number of aromatic nitrogens is 2. The maximum atomic E-state index is 12.1. The summed E-state index contributed by atoms with van der Waals surface area (Å²) in [4.78, 5) is 7.50. The summed E-state index contributed by atoms with van der Waals surface area (Å²) >= 11 is 8.96. The number of nitrogens with one attached hydrogen (secondary N) is 1. The third kappa shape index (κ3) is 2.80. The van der Waals surface area contributed by atoms with E-state index in [1.54, 1.807) is 0 Å². The molecule has 94 valence electrons. The van der Waals surface area contributed by atoms with Gasteiger partial charge in [0.05, 0.1) is 10.2 Å². The second kappa shape index (κ2) is 5.21. The first-order valence-corrected chi connectivity index (χ1v) is 7.39. The molecule has 0 spiro atoms. The number of sulfonamides is 1.